The highest BCUT2D eigenvalue weighted by atomic mass is 35.5. The maximum atomic E-state index is 11.7. The van der Waals surface area contributed by atoms with E-state index in [1.165, 1.54) is 35.2 Å². The Balaban J connectivity index is 1.97. The van der Waals surface area contributed by atoms with Gasteiger partial charge in [0.1, 0.15) is 5.51 Å². The van der Waals surface area contributed by atoms with Crippen molar-refractivity contribution >= 4 is 69.5 Å². The summed E-state index contributed by atoms with van der Waals surface area (Å²) in [5, 5.41) is 11.2. The van der Waals surface area contributed by atoms with Crippen molar-refractivity contribution in [3.8, 4) is 0 Å². The van der Waals surface area contributed by atoms with E-state index in [1.807, 2.05) is 0 Å². The van der Waals surface area contributed by atoms with Crippen molar-refractivity contribution in [1.29, 1.82) is 0 Å². The number of amides is 1. The molecular formula is C10H6Cl3N3OS2. The van der Waals surface area contributed by atoms with Crippen LogP contribution in [-0.2, 0) is 4.79 Å². The normalized spacial score (nSPS) is 10.5. The number of carbonyl (C=O) groups excluding carboxylic acids is 1. The van der Waals surface area contributed by atoms with Gasteiger partial charge in [-0.3, -0.25) is 4.79 Å². The number of hydrogen-bond acceptors (Lipinski definition) is 5. The van der Waals surface area contributed by atoms with Crippen LogP contribution in [0.25, 0.3) is 0 Å². The van der Waals surface area contributed by atoms with E-state index in [-0.39, 0.29) is 11.7 Å². The predicted molar refractivity (Wildman–Crippen MR) is 80.7 cm³/mol. The van der Waals surface area contributed by atoms with E-state index >= 15 is 0 Å². The Labute approximate surface area is 132 Å². The van der Waals surface area contributed by atoms with E-state index in [1.54, 1.807) is 5.51 Å². The van der Waals surface area contributed by atoms with Crippen LogP contribution in [0.4, 0.5) is 5.69 Å². The highest BCUT2D eigenvalue weighted by Gasteiger charge is 2.10. The maximum Gasteiger partial charge on any atom is 0.234 e. The standard InChI is InChI=1S/C10H6Cl3N3OS2/c11-5-1-7(13)8(2-6(5)12)15-9(17)3-18-10-16-14-4-19-10/h1-2,4H,3H2,(H,15,17). The van der Waals surface area contributed by atoms with E-state index in [4.69, 9.17) is 34.8 Å². The molecule has 0 fully saturated rings. The van der Waals surface area contributed by atoms with Crippen molar-refractivity contribution in [2.45, 2.75) is 4.34 Å². The second-order valence-electron chi connectivity index (χ2n) is 3.29. The zero-order chi connectivity index (χ0) is 13.8. The average Bonchev–Trinajstić information content (AvgIpc) is 2.86. The molecule has 0 bridgehead atoms. The van der Waals surface area contributed by atoms with Crippen molar-refractivity contribution < 1.29 is 4.79 Å². The molecule has 100 valence electrons. The second kappa shape index (κ2) is 6.76. The fourth-order valence-corrected chi connectivity index (χ4v) is 3.04. The number of rotatable bonds is 4. The first-order valence-electron chi connectivity index (χ1n) is 4.89. The third-order valence-corrected chi connectivity index (χ3v) is 4.85. The smallest absolute Gasteiger partial charge is 0.234 e. The summed E-state index contributed by atoms with van der Waals surface area (Å²) in [4.78, 5) is 11.7. The van der Waals surface area contributed by atoms with E-state index in [9.17, 15) is 4.79 Å². The molecule has 0 spiro atoms. The van der Waals surface area contributed by atoms with Gasteiger partial charge in [0, 0.05) is 0 Å². The van der Waals surface area contributed by atoms with E-state index < -0.39 is 0 Å². The lowest BCUT2D eigenvalue weighted by Crippen LogP contribution is -2.14. The van der Waals surface area contributed by atoms with Crippen molar-refractivity contribution in [1.82, 2.24) is 10.2 Å². The van der Waals surface area contributed by atoms with E-state index in [0.717, 1.165) is 4.34 Å². The van der Waals surface area contributed by atoms with Crippen molar-refractivity contribution in [2.75, 3.05) is 11.1 Å². The molecule has 1 aromatic heterocycles. The number of thioether (sulfide) groups is 1. The Bertz CT molecular complexity index is 592. The van der Waals surface area contributed by atoms with Crippen LogP contribution in [0.15, 0.2) is 22.0 Å². The Morgan fingerprint density at radius 2 is 2.00 bits per heavy atom. The van der Waals surface area contributed by atoms with Gasteiger partial charge in [0.2, 0.25) is 5.91 Å². The van der Waals surface area contributed by atoms with Gasteiger partial charge in [-0.05, 0) is 12.1 Å². The van der Waals surface area contributed by atoms with Crippen LogP contribution >= 0.6 is 57.9 Å². The Kier molecular flexibility index (Phi) is 5.29. The number of benzene rings is 1. The van der Waals surface area contributed by atoms with Gasteiger partial charge in [0.25, 0.3) is 0 Å². The van der Waals surface area contributed by atoms with E-state index in [0.29, 0.717) is 20.8 Å². The molecule has 1 N–H and O–H groups in total. The first kappa shape index (κ1) is 14.9. The van der Waals surface area contributed by atoms with Crippen LogP contribution in [0.5, 0.6) is 0 Å². The fourth-order valence-electron chi connectivity index (χ4n) is 1.16. The van der Waals surface area contributed by atoms with Gasteiger partial charge in [0.05, 0.1) is 26.5 Å². The summed E-state index contributed by atoms with van der Waals surface area (Å²) in [7, 11) is 0. The zero-order valence-electron chi connectivity index (χ0n) is 9.19. The molecule has 1 heterocycles. The van der Waals surface area contributed by atoms with E-state index in [2.05, 4.69) is 15.5 Å². The van der Waals surface area contributed by atoms with Crippen LogP contribution in [-0.4, -0.2) is 21.9 Å². The minimum Gasteiger partial charge on any atom is -0.324 e. The molecule has 1 amide bonds. The van der Waals surface area contributed by atoms with Crippen LogP contribution in [0.2, 0.25) is 15.1 Å². The highest BCUT2D eigenvalue weighted by Crippen LogP contribution is 2.32. The third-order valence-electron chi connectivity index (χ3n) is 1.95. The van der Waals surface area contributed by atoms with Gasteiger partial charge in [0.15, 0.2) is 4.34 Å². The minimum absolute atomic E-state index is 0.208. The molecule has 9 heteroatoms. The molecule has 0 radical (unpaired) electrons. The molecule has 0 unspecified atom stereocenters. The SMILES string of the molecule is O=C(CSc1nncs1)Nc1cc(Cl)c(Cl)cc1Cl. The molecule has 4 nitrogen and oxygen atoms in total. The summed E-state index contributed by atoms with van der Waals surface area (Å²) in [6, 6.07) is 3.00. The van der Waals surface area contributed by atoms with Gasteiger partial charge in [-0.2, -0.15) is 0 Å². The minimum atomic E-state index is -0.208. The van der Waals surface area contributed by atoms with Crippen molar-refractivity contribution in [3.63, 3.8) is 0 Å². The lowest BCUT2D eigenvalue weighted by atomic mass is 10.3. The number of nitrogens with one attached hydrogen (secondary N) is 1. The monoisotopic (exact) mass is 353 g/mol. The number of hydrogen-bond donors (Lipinski definition) is 1. The number of halogens is 3. The first-order chi connectivity index (χ1) is 9.06. The lowest BCUT2D eigenvalue weighted by molar-refractivity contribution is -0.113. The quantitative estimate of drug-likeness (QED) is 0.659. The topological polar surface area (TPSA) is 54.9 Å². The Morgan fingerprint density at radius 3 is 2.68 bits per heavy atom. The Hall–Kier alpha value is -0.530. The molecule has 0 aliphatic rings. The number of nitrogens with zero attached hydrogens (tertiary/aromatic N) is 2. The van der Waals surface area contributed by atoms with Gasteiger partial charge in [-0.25, -0.2) is 0 Å². The predicted octanol–water partition coefficient (Wildman–Crippen LogP) is 4.23. The molecule has 0 saturated heterocycles. The van der Waals surface area contributed by atoms with Crippen LogP contribution in [0.3, 0.4) is 0 Å². The summed E-state index contributed by atoms with van der Waals surface area (Å²) in [5.41, 5.74) is 2.04. The molecule has 0 saturated carbocycles. The molecular weight excluding hydrogens is 349 g/mol. The first-order valence-corrected chi connectivity index (χ1v) is 7.89. The molecule has 2 aromatic rings. The van der Waals surface area contributed by atoms with Gasteiger partial charge in [-0.15, -0.1) is 10.2 Å². The summed E-state index contributed by atoms with van der Waals surface area (Å²) >= 11 is 20.3. The molecule has 2 rings (SSSR count). The molecule has 19 heavy (non-hydrogen) atoms. The number of aromatic nitrogens is 2. The number of carbonyl (C=O) groups is 1. The zero-order valence-corrected chi connectivity index (χ0v) is 13.1. The van der Waals surface area contributed by atoms with Crippen LogP contribution in [0, 0.1) is 0 Å². The van der Waals surface area contributed by atoms with Crippen molar-refractivity contribution in [3.05, 3.63) is 32.7 Å². The van der Waals surface area contributed by atoms with Crippen molar-refractivity contribution in [2.24, 2.45) is 0 Å². The lowest BCUT2D eigenvalue weighted by Gasteiger charge is -2.08. The maximum absolute atomic E-state index is 11.7. The summed E-state index contributed by atoms with van der Waals surface area (Å²) < 4.78 is 0.732. The Morgan fingerprint density at radius 1 is 1.26 bits per heavy atom. The van der Waals surface area contributed by atoms with Crippen LogP contribution in [0.1, 0.15) is 0 Å². The molecule has 0 aliphatic carbocycles. The fraction of sp³-hybridized carbons (Fsp3) is 0.100. The molecule has 0 atom stereocenters. The van der Waals surface area contributed by atoms with Gasteiger partial charge < -0.3 is 5.32 Å². The van der Waals surface area contributed by atoms with Crippen LogP contribution < -0.4 is 5.32 Å². The molecule has 1 aromatic carbocycles. The summed E-state index contributed by atoms with van der Waals surface area (Å²) in [6.45, 7) is 0. The molecule has 0 aliphatic heterocycles. The second-order valence-corrected chi connectivity index (χ2v) is 6.56. The number of anilines is 1. The average molecular weight is 355 g/mol. The van der Waals surface area contributed by atoms with Gasteiger partial charge in [-0.1, -0.05) is 57.9 Å². The summed E-state index contributed by atoms with van der Waals surface area (Å²) in [6.07, 6.45) is 0. The third kappa shape index (κ3) is 4.22. The van der Waals surface area contributed by atoms with Gasteiger partial charge >= 0.3 is 0 Å². The largest absolute Gasteiger partial charge is 0.324 e. The summed E-state index contributed by atoms with van der Waals surface area (Å²) in [5.74, 6) is 0.00617. The highest BCUT2D eigenvalue weighted by molar-refractivity contribution is 8.01.